The third-order valence-electron chi connectivity index (χ3n) is 3.69. The molecule has 0 spiro atoms. The number of fused-ring (bicyclic) bond motifs is 1. The molecule has 1 unspecified atom stereocenters. The van der Waals surface area contributed by atoms with E-state index >= 15 is 0 Å². The van der Waals surface area contributed by atoms with E-state index in [0.717, 1.165) is 12.1 Å². The van der Waals surface area contributed by atoms with Crippen LogP contribution < -0.4 is 5.56 Å². The summed E-state index contributed by atoms with van der Waals surface area (Å²) in [5.41, 5.74) is 1.58. The van der Waals surface area contributed by atoms with E-state index in [1.165, 1.54) is 10.5 Å². The van der Waals surface area contributed by atoms with Gasteiger partial charge in [0, 0.05) is 18.4 Å². The normalized spacial score (nSPS) is 12.5. The highest BCUT2D eigenvalue weighted by atomic mass is 16.6. The van der Waals surface area contributed by atoms with Crippen LogP contribution in [0.15, 0.2) is 29.1 Å². The average Bonchev–Trinajstić information content (AvgIpc) is 2.51. The van der Waals surface area contributed by atoms with Crippen LogP contribution in [0.5, 0.6) is 0 Å². The molecule has 0 saturated heterocycles. The Morgan fingerprint density at radius 3 is 2.75 bits per heavy atom. The monoisotopic (exact) mass is 332 g/mol. The molecule has 0 fully saturated rings. The number of hydrogen-bond donors (Lipinski definition) is 0. The fourth-order valence-corrected chi connectivity index (χ4v) is 2.25. The van der Waals surface area contributed by atoms with Gasteiger partial charge in [-0.05, 0) is 38.3 Å². The fraction of sp³-hybridized carbons (Fsp3) is 0.500. The topological polar surface area (TPSA) is 69.9 Å². The van der Waals surface area contributed by atoms with Gasteiger partial charge in [0.2, 0.25) is 0 Å². The molecule has 130 valence electrons. The zero-order valence-corrected chi connectivity index (χ0v) is 14.6. The SMILES string of the molecule is Cc1cccc2nc(COC(=O)C(C)OCCC(C)C)cc(=O)n12. The number of carbonyl (C=O) groups excluding carboxylic acids is 1. The number of nitrogens with zero attached hydrogens (tertiary/aromatic N) is 2. The van der Waals surface area contributed by atoms with Gasteiger partial charge in [0.05, 0.1) is 5.69 Å². The zero-order valence-electron chi connectivity index (χ0n) is 14.6. The third kappa shape index (κ3) is 4.64. The van der Waals surface area contributed by atoms with Crippen LogP contribution >= 0.6 is 0 Å². The van der Waals surface area contributed by atoms with Gasteiger partial charge in [-0.2, -0.15) is 0 Å². The molecule has 0 aliphatic rings. The summed E-state index contributed by atoms with van der Waals surface area (Å²) in [6.07, 6.45) is 0.257. The van der Waals surface area contributed by atoms with Crippen molar-refractivity contribution in [3.63, 3.8) is 0 Å². The van der Waals surface area contributed by atoms with E-state index in [1.54, 1.807) is 13.0 Å². The van der Waals surface area contributed by atoms with Gasteiger partial charge < -0.3 is 9.47 Å². The highest BCUT2D eigenvalue weighted by molar-refractivity contribution is 5.74. The van der Waals surface area contributed by atoms with Crippen LogP contribution in [0, 0.1) is 12.8 Å². The van der Waals surface area contributed by atoms with Gasteiger partial charge in [-0.3, -0.25) is 9.20 Å². The molecule has 0 radical (unpaired) electrons. The predicted octanol–water partition coefficient (Wildman–Crippen LogP) is 2.50. The van der Waals surface area contributed by atoms with Gasteiger partial charge in [-0.1, -0.05) is 19.9 Å². The minimum Gasteiger partial charge on any atom is -0.457 e. The van der Waals surface area contributed by atoms with Crippen molar-refractivity contribution in [1.29, 1.82) is 0 Å². The number of ether oxygens (including phenoxy) is 2. The molecule has 2 rings (SSSR count). The van der Waals surface area contributed by atoms with E-state index in [-0.39, 0.29) is 12.2 Å². The molecule has 24 heavy (non-hydrogen) atoms. The van der Waals surface area contributed by atoms with Crippen LogP contribution in [0.3, 0.4) is 0 Å². The molecule has 0 aliphatic heterocycles. The molecular weight excluding hydrogens is 308 g/mol. The van der Waals surface area contributed by atoms with E-state index in [0.29, 0.717) is 23.9 Å². The quantitative estimate of drug-likeness (QED) is 0.729. The second-order valence-electron chi connectivity index (χ2n) is 6.25. The van der Waals surface area contributed by atoms with Crippen LogP contribution in [0.4, 0.5) is 0 Å². The van der Waals surface area contributed by atoms with Crippen LogP contribution in [-0.4, -0.2) is 28.1 Å². The van der Waals surface area contributed by atoms with E-state index in [9.17, 15) is 9.59 Å². The minimum atomic E-state index is -0.632. The highest BCUT2D eigenvalue weighted by Gasteiger charge is 2.16. The Morgan fingerprint density at radius 2 is 2.04 bits per heavy atom. The van der Waals surface area contributed by atoms with Crippen molar-refractivity contribution in [2.75, 3.05) is 6.61 Å². The largest absolute Gasteiger partial charge is 0.457 e. The molecule has 0 amide bonds. The maximum atomic E-state index is 12.2. The Morgan fingerprint density at radius 1 is 1.29 bits per heavy atom. The molecule has 0 aromatic carbocycles. The molecule has 6 nitrogen and oxygen atoms in total. The van der Waals surface area contributed by atoms with Crippen LogP contribution in [-0.2, 0) is 20.9 Å². The first-order chi connectivity index (χ1) is 11.4. The van der Waals surface area contributed by atoms with Crippen molar-refractivity contribution in [3.8, 4) is 0 Å². The number of rotatable bonds is 7. The maximum absolute atomic E-state index is 12.2. The van der Waals surface area contributed by atoms with Gasteiger partial charge in [-0.25, -0.2) is 9.78 Å². The van der Waals surface area contributed by atoms with Crippen molar-refractivity contribution in [1.82, 2.24) is 9.38 Å². The summed E-state index contributed by atoms with van der Waals surface area (Å²) in [6, 6.07) is 6.80. The minimum absolute atomic E-state index is 0.0452. The molecule has 6 heteroatoms. The summed E-state index contributed by atoms with van der Waals surface area (Å²) in [5, 5.41) is 0. The van der Waals surface area contributed by atoms with E-state index in [1.807, 2.05) is 19.1 Å². The lowest BCUT2D eigenvalue weighted by molar-refractivity contribution is -0.157. The summed E-state index contributed by atoms with van der Waals surface area (Å²) in [6.45, 7) is 8.16. The average molecular weight is 332 g/mol. The van der Waals surface area contributed by atoms with Gasteiger partial charge in [0.25, 0.3) is 5.56 Å². The van der Waals surface area contributed by atoms with Crippen molar-refractivity contribution in [2.45, 2.75) is 46.8 Å². The molecule has 1 atom stereocenters. The van der Waals surface area contributed by atoms with Crippen LogP contribution in [0.25, 0.3) is 5.65 Å². The highest BCUT2D eigenvalue weighted by Crippen LogP contribution is 2.06. The van der Waals surface area contributed by atoms with Crippen molar-refractivity contribution in [3.05, 3.63) is 46.0 Å². The smallest absolute Gasteiger partial charge is 0.335 e. The van der Waals surface area contributed by atoms with Gasteiger partial charge in [0.1, 0.15) is 12.3 Å². The summed E-state index contributed by atoms with van der Waals surface area (Å²) in [4.78, 5) is 28.5. The number of hydrogen-bond acceptors (Lipinski definition) is 5. The maximum Gasteiger partial charge on any atom is 0.335 e. The van der Waals surface area contributed by atoms with Crippen LogP contribution in [0.2, 0.25) is 0 Å². The zero-order chi connectivity index (χ0) is 17.7. The lowest BCUT2D eigenvalue weighted by Gasteiger charge is -2.13. The lowest BCUT2D eigenvalue weighted by atomic mass is 10.1. The molecule has 0 N–H and O–H groups in total. The molecular formula is C18H24N2O4. The standard InChI is InChI=1S/C18H24N2O4/c1-12(2)8-9-23-14(4)18(22)24-11-15-10-17(21)20-13(3)6-5-7-16(20)19-15/h5-7,10,12,14H,8-9,11H2,1-4H3. The third-order valence-corrected chi connectivity index (χ3v) is 3.69. The molecule has 0 bridgehead atoms. The van der Waals surface area contributed by atoms with Crippen molar-refractivity contribution in [2.24, 2.45) is 5.92 Å². The molecule has 0 aliphatic carbocycles. The summed E-state index contributed by atoms with van der Waals surface area (Å²) in [7, 11) is 0. The Bertz CT molecular complexity index is 767. The molecule has 2 aromatic rings. The summed E-state index contributed by atoms with van der Waals surface area (Å²) >= 11 is 0. The van der Waals surface area contributed by atoms with Gasteiger partial charge in [-0.15, -0.1) is 0 Å². The first kappa shape index (κ1) is 18.1. The summed E-state index contributed by atoms with van der Waals surface area (Å²) < 4.78 is 12.2. The van der Waals surface area contributed by atoms with Crippen molar-refractivity contribution < 1.29 is 14.3 Å². The second kappa shape index (κ2) is 8.06. The number of carbonyl (C=O) groups is 1. The fourth-order valence-electron chi connectivity index (χ4n) is 2.25. The Labute approximate surface area is 141 Å². The first-order valence-electron chi connectivity index (χ1n) is 8.15. The molecule has 0 saturated carbocycles. The van der Waals surface area contributed by atoms with Crippen LogP contribution in [0.1, 0.15) is 38.6 Å². The Balaban J connectivity index is 1.98. The summed E-state index contributed by atoms with van der Waals surface area (Å²) in [5.74, 6) is 0.0662. The lowest BCUT2D eigenvalue weighted by Crippen LogP contribution is -2.25. The molecule has 2 aromatic heterocycles. The van der Waals surface area contributed by atoms with E-state index < -0.39 is 12.1 Å². The Kier molecular flexibility index (Phi) is 6.09. The van der Waals surface area contributed by atoms with E-state index in [4.69, 9.17) is 9.47 Å². The number of esters is 1. The molecule has 2 heterocycles. The van der Waals surface area contributed by atoms with Gasteiger partial charge >= 0.3 is 5.97 Å². The van der Waals surface area contributed by atoms with Crippen molar-refractivity contribution >= 4 is 11.6 Å². The number of pyridine rings is 1. The first-order valence-corrected chi connectivity index (χ1v) is 8.15. The second-order valence-corrected chi connectivity index (χ2v) is 6.25. The number of aryl methyl sites for hydroxylation is 1. The predicted molar refractivity (Wildman–Crippen MR) is 90.9 cm³/mol. The Hall–Kier alpha value is -2.21. The van der Waals surface area contributed by atoms with Gasteiger partial charge in [0.15, 0.2) is 6.10 Å². The number of aromatic nitrogens is 2. The van der Waals surface area contributed by atoms with E-state index in [2.05, 4.69) is 18.8 Å².